The molecule has 3 rings (SSSR count). The summed E-state index contributed by atoms with van der Waals surface area (Å²) in [7, 11) is 0. The lowest BCUT2D eigenvalue weighted by molar-refractivity contribution is -0.0543. The van der Waals surface area contributed by atoms with Crippen molar-refractivity contribution in [2.75, 3.05) is 30.8 Å². The quantitative estimate of drug-likeness (QED) is 0.795. The van der Waals surface area contributed by atoms with Gasteiger partial charge in [0.05, 0.1) is 11.0 Å². The van der Waals surface area contributed by atoms with Gasteiger partial charge in [-0.15, -0.1) is 11.3 Å². The van der Waals surface area contributed by atoms with Crippen molar-refractivity contribution < 1.29 is 9.84 Å². The second kappa shape index (κ2) is 5.16. The predicted molar refractivity (Wildman–Crippen MR) is 80.1 cm³/mol. The predicted octanol–water partition coefficient (Wildman–Crippen LogP) is 1.54. The maximum absolute atomic E-state index is 10.5. The topological polar surface area (TPSA) is 93.3 Å². The zero-order valence-corrected chi connectivity index (χ0v) is 12.2. The third-order valence-electron chi connectivity index (χ3n) is 3.54. The lowest BCUT2D eigenvalue weighted by Gasteiger charge is -2.32. The van der Waals surface area contributed by atoms with E-state index in [0.29, 0.717) is 38.4 Å². The summed E-state index contributed by atoms with van der Waals surface area (Å²) < 4.78 is 5.28. The molecule has 6 nitrogen and oxygen atoms in total. The van der Waals surface area contributed by atoms with E-state index >= 15 is 0 Å². The van der Waals surface area contributed by atoms with E-state index < -0.39 is 5.60 Å². The highest BCUT2D eigenvalue weighted by Gasteiger charge is 2.29. The third kappa shape index (κ3) is 2.70. The molecule has 0 bridgehead atoms. The molecule has 2 aromatic heterocycles. The fourth-order valence-corrected chi connectivity index (χ4v) is 3.26. The van der Waals surface area contributed by atoms with Crippen LogP contribution in [-0.4, -0.2) is 40.4 Å². The molecular weight excluding hydrogens is 276 g/mol. The summed E-state index contributed by atoms with van der Waals surface area (Å²) in [5, 5.41) is 14.6. The number of hydrogen-bond acceptors (Lipinski definition) is 7. The molecular formula is C13H18N4O2S. The van der Waals surface area contributed by atoms with Crippen molar-refractivity contribution in [1.82, 2.24) is 9.97 Å². The summed E-state index contributed by atoms with van der Waals surface area (Å²) in [5.74, 6) is 0.942. The zero-order valence-electron chi connectivity index (χ0n) is 11.3. The number of aryl methyl sites for hydroxylation is 1. The normalized spacial score (nSPS) is 18.3. The molecule has 2 aromatic rings. The number of aliphatic hydroxyl groups is 1. The van der Waals surface area contributed by atoms with Gasteiger partial charge in [0.25, 0.3) is 0 Å². The van der Waals surface area contributed by atoms with Gasteiger partial charge in [0.1, 0.15) is 10.6 Å². The zero-order chi connectivity index (χ0) is 14.2. The van der Waals surface area contributed by atoms with Crippen LogP contribution in [0.2, 0.25) is 0 Å². The molecule has 1 saturated heterocycles. The SMILES string of the molecule is Cc1cc2c(NCC3(O)CCOCC3)nc(N)nc2s1. The number of nitrogens with zero attached hydrogens (tertiary/aromatic N) is 2. The van der Waals surface area contributed by atoms with Crippen LogP contribution in [-0.2, 0) is 4.74 Å². The number of thiophene rings is 1. The highest BCUT2D eigenvalue weighted by atomic mass is 32.1. The third-order valence-corrected chi connectivity index (χ3v) is 4.49. The first-order valence-electron chi connectivity index (χ1n) is 6.63. The molecule has 0 spiro atoms. The molecule has 7 heteroatoms. The Morgan fingerprint density at radius 2 is 2.20 bits per heavy atom. The summed E-state index contributed by atoms with van der Waals surface area (Å²) in [6.07, 6.45) is 1.26. The van der Waals surface area contributed by atoms with Crippen molar-refractivity contribution in [2.24, 2.45) is 0 Å². The Balaban J connectivity index is 1.83. The van der Waals surface area contributed by atoms with E-state index in [1.165, 1.54) is 0 Å². The minimum Gasteiger partial charge on any atom is -0.388 e. The minimum atomic E-state index is -0.741. The summed E-state index contributed by atoms with van der Waals surface area (Å²) in [5.41, 5.74) is 5.00. The molecule has 20 heavy (non-hydrogen) atoms. The Kier molecular flexibility index (Phi) is 3.49. The van der Waals surface area contributed by atoms with Gasteiger partial charge in [0.2, 0.25) is 5.95 Å². The van der Waals surface area contributed by atoms with E-state index in [4.69, 9.17) is 10.5 Å². The molecule has 0 radical (unpaired) electrons. The fourth-order valence-electron chi connectivity index (χ4n) is 2.37. The first-order chi connectivity index (χ1) is 9.56. The van der Waals surface area contributed by atoms with Crippen LogP contribution in [0.15, 0.2) is 6.07 Å². The van der Waals surface area contributed by atoms with Crippen LogP contribution in [0.1, 0.15) is 17.7 Å². The van der Waals surface area contributed by atoms with Crippen molar-refractivity contribution in [2.45, 2.75) is 25.4 Å². The first-order valence-corrected chi connectivity index (χ1v) is 7.45. The number of nitrogens with two attached hydrogens (primary N) is 1. The Morgan fingerprint density at radius 1 is 1.45 bits per heavy atom. The number of aromatic nitrogens is 2. The number of anilines is 2. The first kappa shape index (κ1) is 13.5. The largest absolute Gasteiger partial charge is 0.388 e. The molecule has 3 heterocycles. The van der Waals surface area contributed by atoms with Gasteiger partial charge >= 0.3 is 0 Å². The average Bonchev–Trinajstić information content (AvgIpc) is 2.77. The van der Waals surface area contributed by atoms with E-state index in [0.717, 1.165) is 15.1 Å². The second-order valence-corrected chi connectivity index (χ2v) is 6.43. The molecule has 0 unspecified atom stereocenters. The van der Waals surface area contributed by atoms with E-state index in [2.05, 4.69) is 15.3 Å². The van der Waals surface area contributed by atoms with Crippen molar-refractivity contribution in [3.63, 3.8) is 0 Å². The van der Waals surface area contributed by atoms with Crippen LogP contribution in [0.25, 0.3) is 10.2 Å². The number of nitrogen functional groups attached to an aromatic ring is 1. The van der Waals surface area contributed by atoms with Gasteiger partial charge < -0.3 is 20.9 Å². The number of ether oxygens (including phenoxy) is 1. The van der Waals surface area contributed by atoms with Gasteiger partial charge in [0, 0.05) is 37.5 Å². The van der Waals surface area contributed by atoms with Gasteiger partial charge in [0.15, 0.2) is 0 Å². The second-order valence-electron chi connectivity index (χ2n) is 5.20. The summed E-state index contributed by atoms with van der Waals surface area (Å²) >= 11 is 1.59. The van der Waals surface area contributed by atoms with Crippen LogP contribution in [0.3, 0.4) is 0 Å². The Labute approximate surface area is 121 Å². The van der Waals surface area contributed by atoms with E-state index in [1.54, 1.807) is 11.3 Å². The van der Waals surface area contributed by atoms with Crippen LogP contribution < -0.4 is 11.1 Å². The highest BCUT2D eigenvalue weighted by Crippen LogP contribution is 2.30. The molecule has 4 N–H and O–H groups in total. The summed E-state index contributed by atoms with van der Waals surface area (Å²) in [6, 6.07) is 2.04. The minimum absolute atomic E-state index is 0.251. The van der Waals surface area contributed by atoms with E-state index in [-0.39, 0.29) is 5.95 Å². The molecule has 1 aliphatic rings. The van der Waals surface area contributed by atoms with Crippen molar-refractivity contribution in [1.29, 1.82) is 0 Å². The standard InChI is InChI=1S/C13H18N4O2S/c1-8-6-9-10(16-12(14)17-11(9)20-8)15-7-13(18)2-4-19-5-3-13/h6,18H,2-5,7H2,1H3,(H3,14,15,16,17). The van der Waals surface area contributed by atoms with E-state index in [9.17, 15) is 5.11 Å². The Morgan fingerprint density at radius 3 is 2.95 bits per heavy atom. The maximum Gasteiger partial charge on any atom is 0.223 e. The Bertz CT molecular complexity index is 622. The van der Waals surface area contributed by atoms with Gasteiger partial charge in [-0.1, -0.05) is 0 Å². The van der Waals surface area contributed by atoms with Crippen molar-refractivity contribution in [3.8, 4) is 0 Å². The van der Waals surface area contributed by atoms with Gasteiger partial charge in [-0.05, 0) is 13.0 Å². The Hall–Kier alpha value is -1.44. The maximum atomic E-state index is 10.5. The van der Waals surface area contributed by atoms with Gasteiger partial charge in [-0.3, -0.25) is 0 Å². The molecule has 0 aliphatic carbocycles. The monoisotopic (exact) mass is 294 g/mol. The van der Waals surface area contributed by atoms with Crippen molar-refractivity contribution >= 4 is 33.3 Å². The summed E-state index contributed by atoms with van der Waals surface area (Å²) in [4.78, 5) is 10.5. The molecule has 0 atom stereocenters. The molecule has 0 amide bonds. The smallest absolute Gasteiger partial charge is 0.223 e. The number of hydrogen-bond donors (Lipinski definition) is 3. The van der Waals surface area contributed by atoms with Crippen molar-refractivity contribution in [3.05, 3.63) is 10.9 Å². The van der Waals surface area contributed by atoms with Crippen LogP contribution in [0, 0.1) is 6.92 Å². The summed E-state index contributed by atoms with van der Waals surface area (Å²) in [6.45, 7) is 3.66. The molecule has 1 fully saturated rings. The average molecular weight is 294 g/mol. The van der Waals surface area contributed by atoms with Gasteiger partial charge in [-0.2, -0.15) is 4.98 Å². The molecule has 108 valence electrons. The van der Waals surface area contributed by atoms with Crippen LogP contribution >= 0.6 is 11.3 Å². The molecule has 0 aromatic carbocycles. The number of nitrogens with one attached hydrogen (secondary N) is 1. The molecule has 0 saturated carbocycles. The number of fused-ring (bicyclic) bond motifs is 1. The van der Waals surface area contributed by atoms with E-state index in [1.807, 2.05) is 13.0 Å². The number of rotatable bonds is 3. The van der Waals surface area contributed by atoms with Crippen LogP contribution in [0.5, 0.6) is 0 Å². The molecule has 1 aliphatic heterocycles. The van der Waals surface area contributed by atoms with Crippen LogP contribution in [0.4, 0.5) is 11.8 Å². The lowest BCUT2D eigenvalue weighted by Crippen LogP contribution is -2.42. The fraction of sp³-hybridized carbons (Fsp3) is 0.538. The highest BCUT2D eigenvalue weighted by molar-refractivity contribution is 7.18. The lowest BCUT2D eigenvalue weighted by atomic mass is 9.94. The van der Waals surface area contributed by atoms with Gasteiger partial charge in [-0.25, -0.2) is 4.98 Å².